The lowest BCUT2D eigenvalue weighted by molar-refractivity contribution is -0.122. The second-order valence-electron chi connectivity index (χ2n) is 6.08. The molecule has 3 N–H and O–H groups in total. The molecule has 0 spiro atoms. The van der Waals surface area contributed by atoms with Crippen molar-refractivity contribution in [3.8, 4) is 0 Å². The van der Waals surface area contributed by atoms with Gasteiger partial charge in [-0.1, -0.05) is 0 Å². The quantitative estimate of drug-likeness (QED) is 0.732. The molecule has 7 heteroatoms. The number of carbonyl (C=O) groups is 2. The molecule has 0 aliphatic carbocycles. The van der Waals surface area contributed by atoms with Crippen molar-refractivity contribution in [1.29, 1.82) is 0 Å². The summed E-state index contributed by atoms with van der Waals surface area (Å²) in [5, 5.41) is 8.55. The molecule has 2 heterocycles. The first kappa shape index (κ1) is 17.3. The van der Waals surface area contributed by atoms with Gasteiger partial charge in [0, 0.05) is 44.6 Å². The zero-order chi connectivity index (χ0) is 16.8. The van der Waals surface area contributed by atoms with Gasteiger partial charge < -0.3 is 20.5 Å². The van der Waals surface area contributed by atoms with Crippen molar-refractivity contribution in [3.63, 3.8) is 0 Å². The highest BCUT2D eigenvalue weighted by Gasteiger charge is 2.21. The molecule has 23 heavy (non-hydrogen) atoms. The van der Waals surface area contributed by atoms with Gasteiger partial charge in [0.2, 0.25) is 5.91 Å². The highest BCUT2D eigenvalue weighted by Crippen LogP contribution is 2.10. The summed E-state index contributed by atoms with van der Waals surface area (Å²) in [5.74, 6) is 0.0343. The minimum Gasteiger partial charge on any atom is -0.358 e. The van der Waals surface area contributed by atoms with Gasteiger partial charge in [-0.2, -0.15) is 0 Å². The van der Waals surface area contributed by atoms with Gasteiger partial charge in [-0.3, -0.25) is 9.69 Å². The van der Waals surface area contributed by atoms with Gasteiger partial charge in [0.1, 0.15) is 0 Å². The Bertz CT molecular complexity index is 547. The van der Waals surface area contributed by atoms with Crippen LogP contribution in [0.4, 0.5) is 4.79 Å². The van der Waals surface area contributed by atoms with E-state index in [2.05, 4.69) is 25.4 Å². The van der Waals surface area contributed by atoms with E-state index in [0.717, 1.165) is 31.6 Å². The highest BCUT2D eigenvalue weighted by molar-refractivity contribution is 5.77. The molecule has 1 aliphatic rings. The third kappa shape index (κ3) is 4.99. The van der Waals surface area contributed by atoms with Gasteiger partial charge in [0.25, 0.3) is 0 Å². The van der Waals surface area contributed by atoms with Crippen LogP contribution >= 0.6 is 0 Å². The predicted molar refractivity (Wildman–Crippen MR) is 89.1 cm³/mol. The number of piperidine rings is 1. The van der Waals surface area contributed by atoms with Gasteiger partial charge in [0.05, 0.1) is 13.1 Å². The number of carbonyl (C=O) groups excluding carboxylic acids is 2. The van der Waals surface area contributed by atoms with Crippen LogP contribution in [-0.4, -0.2) is 54.1 Å². The van der Waals surface area contributed by atoms with E-state index in [-0.39, 0.29) is 18.0 Å². The van der Waals surface area contributed by atoms with Crippen molar-refractivity contribution in [2.75, 3.05) is 26.7 Å². The first-order valence-electron chi connectivity index (χ1n) is 8.08. The molecule has 1 saturated heterocycles. The van der Waals surface area contributed by atoms with Crippen molar-refractivity contribution in [1.82, 2.24) is 25.4 Å². The monoisotopic (exact) mass is 321 g/mol. The number of rotatable bonds is 5. The van der Waals surface area contributed by atoms with Gasteiger partial charge in [-0.25, -0.2) is 4.79 Å². The number of likely N-dealkylation sites (N-methyl/N-ethyl adjacent to an activating group) is 1. The van der Waals surface area contributed by atoms with Crippen LogP contribution in [0.3, 0.4) is 0 Å². The van der Waals surface area contributed by atoms with Crippen LogP contribution in [0.25, 0.3) is 0 Å². The van der Waals surface area contributed by atoms with Gasteiger partial charge in [-0.15, -0.1) is 0 Å². The van der Waals surface area contributed by atoms with Crippen LogP contribution in [0.2, 0.25) is 0 Å². The lowest BCUT2D eigenvalue weighted by Gasteiger charge is -2.31. The molecule has 0 aromatic carbocycles. The maximum atomic E-state index is 12.0. The number of likely N-dealkylation sites (tertiary alicyclic amines) is 1. The predicted octanol–water partition coefficient (Wildman–Crippen LogP) is 0.343. The maximum absolute atomic E-state index is 12.0. The average Bonchev–Trinajstić information content (AvgIpc) is 2.86. The lowest BCUT2D eigenvalue weighted by Crippen LogP contribution is -2.49. The topological polar surface area (TPSA) is 78.4 Å². The zero-order valence-electron chi connectivity index (χ0n) is 14.2. The number of urea groups is 1. The molecule has 1 aromatic heterocycles. The van der Waals surface area contributed by atoms with E-state index in [9.17, 15) is 9.59 Å². The molecule has 1 fully saturated rings. The Kier molecular flexibility index (Phi) is 6.04. The lowest BCUT2D eigenvalue weighted by atomic mass is 10.1. The second kappa shape index (κ2) is 8.01. The number of aryl methyl sites for hydroxylation is 1. The molecule has 128 valence electrons. The Morgan fingerprint density at radius 3 is 2.52 bits per heavy atom. The molecular formula is C16H27N5O2. The Balaban J connectivity index is 1.68. The summed E-state index contributed by atoms with van der Waals surface area (Å²) in [4.78, 5) is 25.5. The van der Waals surface area contributed by atoms with Crippen molar-refractivity contribution >= 4 is 11.9 Å². The second-order valence-corrected chi connectivity index (χ2v) is 6.08. The molecule has 1 aromatic rings. The van der Waals surface area contributed by atoms with Crippen molar-refractivity contribution in [2.24, 2.45) is 7.05 Å². The van der Waals surface area contributed by atoms with Gasteiger partial charge in [0.15, 0.2) is 0 Å². The summed E-state index contributed by atoms with van der Waals surface area (Å²) >= 11 is 0. The maximum Gasteiger partial charge on any atom is 0.315 e. The molecule has 0 saturated carbocycles. The van der Waals surface area contributed by atoms with E-state index >= 15 is 0 Å². The molecule has 3 amide bonds. The van der Waals surface area contributed by atoms with Crippen LogP contribution in [0.1, 0.15) is 24.2 Å². The summed E-state index contributed by atoms with van der Waals surface area (Å²) in [6.45, 7) is 4.65. The SMILES string of the molecule is CNC(=O)CN1CCC(NC(=O)NCc2ccc(C)n2C)CC1. The van der Waals surface area contributed by atoms with Crippen LogP contribution < -0.4 is 16.0 Å². The molecule has 0 bridgehead atoms. The normalized spacial score (nSPS) is 16.1. The number of hydrogen-bond donors (Lipinski definition) is 3. The molecule has 1 aliphatic heterocycles. The molecule has 0 radical (unpaired) electrons. The van der Waals surface area contributed by atoms with Crippen LogP contribution in [0, 0.1) is 6.92 Å². The van der Waals surface area contributed by atoms with E-state index in [1.165, 1.54) is 5.69 Å². The van der Waals surface area contributed by atoms with E-state index in [4.69, 9.17) is 0 Å². The number of nitrogens with one attached hydrogen (secondary N) is 3. The van der Waals surface area contributed by atoms with E-state index in [1.54, 1.807) is 7.05 Å². The largest absolute Gasteiger partial charge is 0.358 e. The van der Waals surface area contributed by atoms with E-state index in [0.29, 0.717) is 13.1 Å². The molecule has 2 rings (SSSR count). The fourth-order valence-corrected chi connectivity index (χ4v) is 2.77. The zero-order valence-corrected chi connectivity index (χ0v) is 14.2. The third-order valence-electron chi connectivity index (χ3n) is 4.48. The summed E-state index contributed by atoms with van der Waals surface area (Å²) < 4.78 is 2.07. The average molecular weight is 321 g/mol. The fourth-order valence-electron chi connectivity index (χ4n) is 2.77. The fraction of sp³-hybridized carbons (Fsp3) is 0.625. The van der Waals surface area contributed by atoms with E-state index in [1.807, 2.05) is 26.1 Å². The first-order valence-corrected chi connectivity index (χ1v) is 8.08. The standard InChI is InChI=1S/C16H27N5O2/c1-12-4-5-14(20(12)3)10-18-16(23)19-13-6-8-21(9-7-13)11-15(22)17-2/h4-5,13H,6-11H2,1-3H3,(H,17,22)(H2,18,19,23). The molecule has 7 nitrogen and oxygen atoms in total. The van der Waals surface area contributed by atoms with Crippen LogP contribution in [0.5, 0.6) is 0 Å². The van der Waals surface area contributed by atoms with Crippen LogP contribution in [-0.2, 0) is 18.4 Å². The van der Waals surface area contributed by atoms with E-state index < -0.39 is 0 Å². The number of hydrogen-bond acceptors (Lipinski definition) is 3. The Hall–Kier alpha value is -2.02. The number of nitrogens with zero attached hydrogens (tertiary/aromatic N) is 2. The molecule has 0 unspecified atom stereocenters. The molecule has 0 atom stereocenters. The van der Waals surface area contributed by atoms with Crippen molar-refractivity contribution in [3.05, 3.63) is 23.5 Å². The number of aromatic nitrogens is 1. The van der Waals surface area contributed by atoms with Gasteiger partial charge >= 0.3 is 6.03 Å². The smallest absolute Gasteiger partial charge is 0.315 e. The third-order valence-corrected chi connectivity index (χ3v) is 4.48. The van der Waals surface area contributed by atoms with Crippen molar-refractivity contribution in [2.45, 2.75) is 32.4 Å². The van der Waals surface area contributed by atoms with Gasteiger partial charge in [-0.05, 0) is 31.9 Å². The minimum absolute atomic E-state index is 0.0343. The minimum atomic E-state index is -0.131. The Labute approximate surface area is 137 Å². The summed E-state index contributed by atoms with van der Waals surface area (Å²) in [6.07, 6.45) is 1.74. The first-order chi connectivity index (χ1) is 11.0. The van der Waals surface area contributed by atoms with Crippen LogP contribution in [0.15, 0.2) is 12.1 Å². The summed E-state index contributed by atoms with van der Waals surface area (Å²) in [6, 6.07) is 4.10. The highest BCUT2D eigenvalue weighted by atomic mass is 16.2. The number of amides is 3. The Morgan fingerprint density at radius 2 is 1.96 bits per heavy atom. The summed E-state index contributed by atoms with van der Waals surface area (Å²) in [5.41, 5.74) is 2.25. The van der Waals surface area contributed by atoms with Crippen molar-refractivity contribution < 1.29 is 9.59 Å². The molecular weight excluding hydrogens is 294 g/mol. The summed E-state index contributed by atoms with van der Waals surface area (Å²) in [7, 11) is 3.64. The Morgan fingerprint density at radius 1 is 1.26 bits per heavy atom.